The van der Waals surface area contributed by atoms with E-state index in [9.17, 15) is 14.9 Å². The third kappa shape index (κ3) is 4.30. The number of nitriles is 1. The van der Waals surface area contributed by atoms with E-state index in [1.54, 1.807) is 6.20 Å². The van der Waals surface area contributed by atoms with Crippen LogP contribution in [-0.2, 0) is 6.42 Å². The van der Waals surface area contributed by atoms with E-state index in [1.807, 2.05) is 42.5 Å². The summed E-state index contributed by atoms with van der Waals surface area (Å²) in [4.78, 5) is 35.3. The van der Waals surface area contributed by atoms with Crippen molar-refractivity contribution in [1.29, 1.82) is 5.26 Å². The summed E-state index contributed by atoms with van der Waals surface area (Å²) in [5.74, 6) is 0.312. The molecule has 0 amide bonds. The van der Waals surface area contributed by atoms with Gasteiger partial charge in [-0.05, 0) is 54.3 Å². The van der Waals surface area contributed by atoms with Crippen molar-refractivity contribution in [1.82, 2.24) is 19.9 Å². The zero-order valence-corrected chi connectivity index (χ0v) is 20.1. The van der Waals surface area contributed by atoms with Crippen LogP contribution in [0.5, 0.6) is 0 Å². The Labute approximate surface area is 213 Å². The number of rotatable bonds is 4. The molecular formula is C29H24N6O2. The molecule has 1 unspecified atom stereocenters. The Balaban J connectivity index is 1.37. The standard InChI is InChI=1S/C29H24N6O2/c30-16-21-13-22-17-32-29(33-23-7-5-18(6-8-23)19-9-11-31-12-10-19)34-27(22)35(28(21)37)24-14-20-3-1-2-4-25(20)26(36)15-24/h1-9,13,17,24,31H,10-12,14-15H2,(H,32,33,34). The number of aromatic nitrogens is 3. The van der Waals surface area contributed by atoms with E-state index < -0.39 is 11.6 Å². The molecule has 0 bridgehead atoms. The highest BCUT2D eigenvalue weighted by Crippen LogP contribution is 2.30. The Morgan fingerprint density at radius 3 is 2.70 bits per heavy atom. The van der Waals surface area contributed by atoms with Crippen molar-refractivity contribution < 1.29 is 4.79 Å². The molecule has 37 heavy (non-hydrogen) atoms. The predicted octanol–water partition coefficient (Wildman–Crippen LogP) is 4.15. The second-order valence-electron chi connectivity index (χ2n) is 9.35. The molecule has 0 fully saturated rings. The summed E-state index contributed by atoms with van der Waals surface area (Å²) in [6, 6.07) is 18.6. The molecule has 6 rings (SSSR count). The average Bonchev–Trinajstić information content (AvgIpc) is 2.93. The molecule has 3 heterocycles. The second kappa shape index (κ2) is 9.45. The lowest BCUT2D eigenvalue weighted by Crippen LogP contribution is -2.33. The number of anilines is 2. The van der Waals surface area contributed by atoms with Crippen LogP contribution in [0.4, 0.5) is 11.6 Å². The molecule has 1 aliphatic heterocycles. The number of carbonyl (C=O) groups excluding carboxylic acids is 1. The number of ketones is 1. The van der Waals surface area contributed by atoms with Crippen molar-refractivity contribution in [3.05, 3.63) is 99.5 Å². The van der Waals surface area contributed by atoms with E-state index in [0.29, 0.717) is 29.0 Å². The third-order valence-electron chi connectivity index (χ3n) is 7.03. The third-order valence-corrected chi connectivity index (χ3v) is 7.03. The Morgan fingerprint density at radius 2 is 1.92 bits per heavy atom. The molecule has 4 aromatic rings. The molecule has 0 radical (unpaired) electrons. The lowest BCUT2D eigenvalue weighted by molar-refractivity contribution is 0.0951. The quantitative estimate of drug-likeness (QED) is 0.444. The van der Waals surface area contributed by atoms with Gasteiger partial charge in [-0.1, -0.05) is 42.5 Å². The van der Waals surface area contributed by atoms with Crippen molar-refractivity contribution in [3.63, 3.8) is 0 Å². The van der Waals surface area contributed by atoms with Gasteiger partial charge in [-0.15, -0.1) is 0 Å². The van der Waals surface area contributed by atoms with E-state index in [-0.39, 0.29) is 17.8 Å². The molecule has 8 heteroatoms. The van der Waals surface area contributed by atoms with Gasteiger partial charge in [0.25, 0.3) is 5.56 Å². The van der Waals surface area contributed by atoms with Crippen molar-refractivity contribution in [3.8, 4) is 6.07 Å². The molecule has 2 N–H and O–H groups in total. The van der Waals surface area contributed by atoms with Crippen LogP contribution in [0.25, 0.3) is 16.6 Å². The molecule has 182 valence electrons. The smallest absolute Gasteiger partial charge is 0.270 e. The summed E-state index contributed by atoms with van der Waals surface area (Å²) in [6.45, 7) is 1.86. The highest BCUT2D eigenvalue weighted by Gasteiger charge is 2.29. The fourth-order valence-corrected chi connectivity index (χ4v) is 5.18. The van der Waals surface area contributed by atoms with Gasteiger partial charge >= 0.3 is 0 Å². The molecule has 0 saturated carbocycles. The Morgan fingerprint density at radius 1 is 1.08 bits per heavy atom. The van der Waals surface area contributed by atoms with Gasteiger partial charge in [-0.2, -0.15) is 10.2 Å². The van der Waals surface area contributed by atoms with Gasteiger partial charge in [0, 0.05) is 35.8 Å². The maximum atomic E-state index is 13.3. The minimum atomic E-state index is -0.448. The van der Waals surface area contributed by atoms with Crippen LogP contribution in [0.3, 0.4) is 0 Å². The lowest BCUT2D eigenvalue weighted by Gasteiger charge is -2.26. The van der Waals surface area contributed by atoms with E-state index in [4.69, 9.17) is 0 Å². The van der Waals surface area contributed by atoms with E-state index in [0.717, 1.165) is 30.8 Å². The number of hydrogen-bond acceptors (Lipinski definition) is 7. The average molecular weight is 489 g/mol. The Hall–Kier alpha value is -4.61. The van der Waals surface area contributed by atoms with Crippen LogP contribution in [0.2, 0.25) is 0 Å². The number of Topliss-reactive ketones (excluding diaryl/α,β-unsaturated/α-hetero) is 1. The van der Waals surface area contributed by atoms with Gasteiger partial charge in [0.05, 0.1) is 6.04 Å². The highest BCUT2D eigenvalue weighted by molar-refractivity contribution is 5.99. The number of nitrogens with one attached hydrogen (secondary N) is 2. The molecule has 2 aromatic carbocycles. The summed E-state index contributed by atoms with van der Waals surface area (Å²) in [5, 5.41) is 16.7. The van der Waals surface area contributed by atoms with Gasteiger partial charge in [-0.25, -0.2) is 4.98 Å². The number of nitrogens with zero attached hydrogens (tertiary/aromatic N) is 4. The van der Waals surface area contributed by atoms with Crippen molar-refractivity contribution >= 4 is 34.0 Å². The van der Waals surface area contributed by atoms with Gasteiger partial charge in [0.1, 0.15) is 17.3 Å². The zero-order chi connectivity index (χ0) is 25.4. The first-order chi connectivity index (χ1) is 18.1. The summed E-state index contributed by atoms with van der Waals surface area (Å²) in [6.07, 6.45) is 5.48. The fourth-order valence-electron chi connectivity index (χ4n) is 5.18. The number of hydrogen-bond donors (Lipinski definition) is 2. The molecular weight excluding hydrogens is 464 g/mol. The number of carbonyl (C=O) groups is 1. The second-order valence-corrected chi connectivity index (χ2v) is 9.35. The summed E-state index contributed by atoms with van der Waals surface area (Å²) >= 11 is 0. The molecule has 0 saturated heterocycles. The first kappa shape index (κ1) is 22.8. The summed E-state index contributed by atoms with van der Waals surface area (Å²) in [7, 11) is 0. The van der Waals surface area contributed by atoms with Crippen LogP contribution >= 0.6 is 0 Å². The van der Waals surface area contributed by atoms with Crippen LogP contribution < -0.4 is 16.2 Å². The van der Waals surface area contributed by atoms with Crippen LogP contribution in [0, 0.1) is 11.3 Å². The first-order valence-electron chi connectivity index (χ1n) is 12.3. The maximum Gasteiger partial charge on any atom is 0.270 e. The Bertz CT molecular complexity index is 1660. The van der Waals surface area contributed by atoms with Crippen molar-refractivity contribution in [2.75, 3.05) is 18.4 Å². The molecule has 0 spiro atoms. The zero-order valence-electron chi connectivity index (χ0n) is 20.1. The highest BCUT2D eigenvalue weighted by atomic mass is 16.1. The van der Waals surface area contributed by atoms with E-state index >= 15 is 0 Å². The van der Waals surface area contributed by atoms with Crippen molar-refractivity contribution in [2.45, 2.75) is 25.3 Å². The normalized spacial score (nSPS) is 17.1. The summed E-state index contributed by atoms with van der Waals surface area (Å²) in [5.41, 5.74) is 4.87. The lowest BCUT2D eigenvalue weighted by atomic mass is 9.87. The minimum Gasteiger partial charge on any atom is -0.324 e. The summed E-state index contributed by atoms with van der Waals surface area (Å²) < 4.78 is 1.50. The number of fused-ring (bicyclic) bond motifs is 2. The van der Waals surface area contributed by atoms with Crippen LogP contribution in [0.15, 0.2) is 71.7 Å². The van der Waals surface area contributed by atoms with Crippen LogP contribution in [-0.4, -0.2) is 33.4 Å². The molecule has 2 aliphatic rings. The number of pyridine rings is 1. The van der Waals surface area contributed by atoms with Gasteiger partial charge in [-0.3, -0.25) is 14.2 Å². The van der Waals surface area contributed by atoms with Gasteiger partial charge < -0.3 is 10.6 Å². The molecule has 8 nitrogen and oxygen atoms in total. The van der Waals surface area contributed by atoms with Gasteiger partial charge in [0.2, 0.25) is 5.95 Å². The molecule has 1 atom stereocenters. The van der Waals surface area contributed by atoms with Crippen LogP contribution in [0.1, 0.15) is 45.9 Å². The molecule has 2 aromatic heterocycles. The minimum absolute atomic E-state index is 0.00548. The largest absolute Gasteiger partial charge is 0.324 e. The van der Waals surface area contributed by atoms with E-state index in [1.165, 1.54) is 21.8 Å². The Kier molecular flexibility index (Phi) is 5.83. The van der Waals surface area contributed by atoms with Gasteiger partial charge in [0.15, 0.2) is 5.78 Å². The first-order valence-corrected chi connectivity index (χ1v) is 12.3. The van der Waals surface area contributed by atoms with Crippen molar-refractivity contribution in [2.24, 2.45) is 0 Å². The van der Waals surface area contributed by atoms with E-state index in [2.05, 4.69) is 38.8 Å². The SMILES string of the molecule is N#Cc1cc2cnc(Nc3ccc(C4=CCNCC4)cc3)nc2n(C2CC(=O)c3ccccc3C2)c1=O. The fraction of sp³-hybridized carbons (Fsp3) is 0.207. The monoisotopic (exact) mass is 488 g/mol. The maximum absolute atomic E-state index is 13.3. The predicted molar refractivity (Wildman–Crippen MR) is 142 cm³/mol. The topological polar surface area (TPSA) is 113 Å². The number of benzene rings is 2. The molecule has 1 aliphatic carbocycles.